The number of aryl methyl sites for hydroxylation is 1. The third-order valence-corrected chi connectivity index (χ3v) is 5.00. The third kappa shape index (κ3) is 3.32. The van der Waals surface area contributed by atoms with Gasteiger partial charge in [-0.1, -0.05) is 11.8 Å². The van der Waals surface area contributed by atoms with Gasteiger partial charge in [-0.15, -0.1) is 10.2 Å². The summed E-state index contributed by atoms with van der Waals surface area (Å²) in [6, 6.07) is 0.237. The van der Waals surface area contributed by atoms with Crippen LogP contribution in [0.5, 0.6) is 0 Å². The van der Waals surface area contributed by atoms with E-state index in [1.165, 1.54) is 0 Å². The van der Waals surface area contributed by atoms with E-state index in [4.69, 9.17) is 5.73 Å². The van der Waals surface area contributed by atoms with Crippen molar-refractivity contribution in [2.75, 3.05) is 0 Å². The molecule has 20 heavy (non-hydrogen) atoms. The number of carbonyl (C=O) groups is 1. The highest BCUT2D eigenvalue weighted by molar-refractivity contribution is 7.99. The zero-order valence-corrected chi connectivity index (χ0v) is 13.1. The van der Waals surface area contributed by atoms with Crippen molar-refractivity contribution < 1.29 is 4.79 Å². The molecule has 0 aliphatic heterocycles. The number of amides is 1. The third-order valence-electron chi connectivity index (χ3n) is 3.68. The summed E-state index contributed by atoms with van der Waals surface area (Å²) in [5, 5.41) is 12.6. The molecular formula is C13H23N5OS. The lowest BCUT2D eigenvalue weighted by Gasteiger charge is -2.40. The van der Waals surface area contributed by atoms with Crippen LogP contribution in [-0.2, 0) is 11.8 Å². The molecule has 0 spiro atoms. The van der Waals surface area contributed by atoms with E-state index in [0.29, 0.717) is 5.25 Å². The van der Waals surface area contributed by atoms with Crippen LogP contribution in [0.15, 0.2) is 11.5 Å². The van der Waals surface area contributed by atoms with E-state index < -0.39 is 5.54 Å². The number of rotatable bonds is 5. The van der Waals surface area contributed by atoms with Crippen molar-refractivity contribution in [3.8, 4) is 0 Å². The molecule has 2 rings (SSSR count). The van der Waals surface area contributed by atoms with E-state index in [-0.39, 0.29) is 11.9 Å². The summed E-state index contributed by atoms with van der Waals surface area (Å²) in [5.74, 6) is -0.241. The number of nitrogens with two attached hydrogens (primary N) is 1. The van der Waals surface area contributed by atoms with Gasteiger partial charge in [0.05, 0.1) is 5.54 Å². The first-order valence-corrected chi connectivity index (χ1v) is 7.89. The second kappa shape index (κ2) is 6.13. The molecule has 0 aromatic carbocycles. The van der Waals surface area contributed by atoms with Gasteiger partial charge < -0.3 is 15.6 Å². The maximum Gasteiger partial charge on any atom is 0.237 e. The van der Waals surface area contributed by atoms with Crippen LogP contribution >= 0.6 is 11.8 Å². The topological polar surface area (TPSA) is 85.8 Å². The second-order valence-electron chi connectivity index (χ2n) is 5.81. The molecule has 1 aromatic heterocycles. The number of hydrogen-bond acceptors (Lipinski definition) is 5. The van der Waals surface area contributed by atoms with E-state index in [9.17, 15) is 4.79 Å². The first-order chi connectivity index (χ1) is 9.43. The number of nitrogens with one attached hydrogen (secondary N) is 1. The molecule has 6 nitrogen and oxygen atoms in total. The molecule has 0 bridgehead atoms. The van der Waals surface area contributed by atoms with Crippen LogP contribution in [0.4, 0.5) is 0 Å². The normalized spacial score (nSPS) is 26.9. The summed E-state index contributed by atoms with van der Waals surface area (Å²) >= 11 is 1.69. The molecular weight excluding hydrogens is 274 g/mol. The van der Waals surface area contributed by atoms with Crippen LogP contribution < -0.4 is 11.1 Å². The van der Waals surface area contributed by atoms with E-state index in [1.807, 2.05) is 25.5 Å². The van der Waals surface area contributed by atoms with Crippen molar-refractivity contribution >= 4 is 17.7 Å². The van der Waals surface area contributed by atoms with Crippen LogP contribution in [0.3, 0.4) is 0 Å². The van der Waals surface area contributed by atoms with E-state index in [0.717, 1.165) is 30.8 Å². The predicted octanol–water partition coefficient (Wildman–Crippen LogP) is 1.07. The van der Waals surface area contributed by atoms with Gasteiger partial charge in [0.25, 0.3) is 0 Å². The summed E-state index contributed by atoms with van der Waals surface area (Å²) in [4.78, 5) is 11.9. The Morgan fingerprint density at radius 3 is 2.95 bits per heavy atom. The molecule has 7 heteroatoms. The highest BCUT2D eigenvalue weighted by Crippen LogP contribution is 2.37. The van der Waals surface area contributed by atoms with Crippen molar-refractivity contribution in [2.45, 2.75) is 61.5 Å². The van der Waals surface area contributed by atoms with E-state index in [2.05, 4.69) is 15.5 Å². The molecule has 3 N–H and O–H groups in total. The molecule has 2 atom stereocenters. The number of thioether (sulfide) groups is 1. The maximum atomic E-state index is 11.9. The Morgan fingerprint density at radius 1 is 1.65 bits per heavy atom. The first kappa shape index (κ1) is 15.3. The smallest absolute Gasteiger partial charge is 0.237 e. The van der Waals surface area contributed by atoms with Gasteiger partial charge in [0.2, 0.25) is 5.91 Å². The maximum absolute atomic E-state index is 11.9. The number of primary amides is 1. The Morgan fingerprint density at radius 2 is 2.40 bits per heavy atom. The van der Waals surface area contributed by atoms with Crippen LogP contribution in [0.1, 0.15) is 39.5 Å². The summed E-state index contributed by atoms with van der Waals surface area (Å²) in [6.45, 7) is 4.09. The Bertz CT molecular complexity index is 475. The molecule has 2 unspecified atom stereocenters. The summed E-state index contributed by atoms with van der Waals surface area (Å²) in [6.07, 6.45) is 5.33. The average molecular weight is 297 g/mol. The van der Waals surface area contributed by atoms with Gasteiger partial charge in [-0.2, -0.15) is 0 Å². The van der Waals surface area contributed by atoms with Gasteiger partial charge in [-0.25, -0.2) is 0 Å². The largest absolute Gasteiger partial charge is 0.368 e. The second-order valence-corrected chi connectivity index (χ2v) is 7.07. The monoisotopic (exact) mass is 297 g/mol. The van der Waals surface area contributed by atoms with E-state index >= 15 is 0 Å². The average Bonchev–Trinajstić information content (AvgIpc) is 2.74. The van der Waals surface area contributed by atoms with Gasteiger partial charge in [0, 0.05) is 18.3 Å². The van der Waals surface area contributed by atoms with Crippen LogP contribution in [0, 0.1) is 0 Å². The van der Waals surface area contributed by atoms with Crippen LogP contribution in [0.25, 0.3) is 0 Å². The molecule has 0 saturated heterocycles. The highest BCUT2D eigenvalue weighted by Gasteiger charge is 2.42. The standard InChI is InChI=1S/C13H23N5OS/c1-9(2)16-13(11(14)19)6-4-5-10(7-13)20-12-17-15-8-18(12)3/h8-10,16H,4-7H2,1-3H3,(H2,14,19). The predicted molar refractivity (Wildman–Crippen MR) is 79.3 cm³/mol. The number of carbonyl (C=O) groups excluding carboxylic acids is 1. The van der Waals surface area contributed by atoms with Crippen LogP contribution in [0.2, 0.25) is 0 Å². The lowest BCUT2D eigenvalue weighted by Crippen LogP contribution is -2.60. The van der Waals surface area contributed by atoms with Gasteiger partial charge in [0.15, 0.2) is 5.16 Å². The minimum absolute atomic E-state index is 0.237. The molecule has 0 radical (unpaired) electrons. The molecule has 1 aliphatic carbocycles. The number of nitrogens with zero attached hydrogens (tertiary/aromatic N) is 3. The highest BCUT2D eigenvalue weighted by atomic mass is 32.2. The molecule has 1 aromatic rings. The van der Waals surface area contributed by atoms with Crippen molar-refractivity contribution in [3.63, 3.8) is 0 Å². The summed E-state index contributed by atoms with van der Waals surface area (Å²) < 4.78 is 1.90. The Balaban J connectivity index is 2.09. The zero-order chi connectivity index (χ0) is 14.8. The number of hydrogen-bond donors (Lipinski definition) is 2. The summed E-state index contributed by atoms with van der Waals surface area (Å²) in [5.41, 5.74) is 5.09. The lowest BCUT2D eigenvalue weighted by atomic mass is 9.80. The fourth-order valence-electron chi connectivity index (χ4n) is 2.83. The van der Waals surface area contributed by atoms with Gasteiger partial charge >= 0.3 is 0 Å². The molecule has 1 aliphatic rings. The van der Waals surface area contributed by atoms with Crippen LogP contribution in [-0.4, -0.2) is 37.5 Å². The molecule has 1 heterocycles. The Hall–Kier alpha value is -1.08. The van der Waals surface area contributed by atoms with Crippen molar-refractivity contribution in [3.05, 3.63) is 6.33 Å². The van der Waals surface area contributed by atoms with Crippen molar-refractivity contribution in [1.82, 2.24) is 20.1 Å². The molecule has 1 fully saturated rings. The quantitative estimate of drug-likeness (QED) is 0.849. The van der Waals surface area contributed by atoms with Crippen molar-refractivity contribution in [1.29, 1.82) is 0 Å². The minimum atomic E-state index is -0.581. The lowest BCUT2D eigenvalue weighted by molar-refractivity contribution is -0.126. The van der Waals surface area contributed by atoms with Gasteiger partial charge in [-0.3, -0.25) is 4.79 Å². The molecule has 1 saturated carbocycles. The van der Waals surface area contributed by atoms with E-state index in [1.54, 1.807) is 18.1 Å². The molecule has 1 amide bonds. The fourth-order valence-corrected chi connectivity index (χ4v) is 4.09. The SMILES string of the molecule is CC(C)NC1(C(N)=O)CCCC(Sc2nncn2C)C1. The van der Waals surface area contributed by atoms with Crippen molar-refractivity contribution in [2.24, 2.45) is 12.8 Å². The zero-order valence-electron chi connectivity index (χ0n) is 12.3. The first-order valence-electron chi connectivity index (χ1n) is 7.01. The fraction of sp³-hybridized carbons (Fsp3) is 0.769. The summed E-state index contributed by atoms with van der Waals surface area (Å²) in [7, 11) is 1.93. The minimum Gasteiger partial charge on any atom is -0.368 e. The Kier molecular flexibility index (Phi) is 4.70. The van der Waals surface area contributed by atoms with Gasteiger partial charge in [-0.05, 0) is 39.5 Å². The number of aromatic nitrogens is 3. The molecule has 112 valence electrons. The Labute approximate surface area is 123 Å². The van der Waals surface area contributed by atoms with Gasteiger partial charge in [0.1, 0.15) is 6.33 Å².